The number of nitrogens with one attached hydrogen (secondary N) is 2. The summed E-state index contributed by atoms with van der Waals surface area (Å²) >= 11 is 5.40. The molecule has 0 aliphatic heterocycles. The average molecular weight is 309 g/mol. The first-order valence-electron chi connectivity index (χ1n) is 6.88. The van der Waals surface area contributed by atoms with Crippen molar-refractivity contribution in [2.45, 2.75) is 6.92 Å². The maximum absolute atomic E-state index is 11.0. The van der Waals surface area contributed by atoms with Gasteiger partial charge in [0.05, 0.1) is 5.69 Å². The van der Waals surface area contributed by atoms with Gasteiger partial charge in [0.15, 0.2) is 4.77 Å². The number of carbonyl (C=O) groups excluding carboxylic acids is 1. The standard InChI is InChI=1S/C17H15N3OS/c1-12(21)18-14-7-9-15(10-8-14)20-11-16(19-17(20)22)13-5-3-2-4-6-13/h2-11H,1H3,(H,18,21)(H,19,22). The lowest BCUT2D eigenvalue weighted by Gasteiger charge is -2.05. The molecule has 2 N–H and O–H groups in total. The zero-order valence-electron chi connectivity index (χ0n) is 12.0. The predicted molar refractivity (Wildman–Crippen MR) is 90.7 cm³/mol. The molecule has 5 heteroatoms. The largest absolute Gasteiger partial charge is 0.330 e. The van der Waals surface area contributed by atoms with E-state index in [1.54, 1.807) is 0 Å². The maximum atomic E-state index is 11.0. The Hall–Kier alpha value is -2.66. The third kappa shape index (κ3) is 2.99. The number of aromatic amines is 1. The Kier molecular flexibility index (Phi) is 3.89. The molecule has 0 fully saturated rings. The number of carbonyl (C=O) groups is 1. The molecule has 0 aliphatic carbocycles. The quantitative estimate of drug-likeness (QED) is 0.714. The van der Waals surface area contributed by atoms with Gasteiger partial charge in [-0.2, -0.15) is 0 Å². The molecule has 0 radical (unpaired) electrons. The Bertz CT molecular complexity index is 848. The fourth-order valence-corrected chi connectivity index (χ4v) is 2.53. The van der Waals surface area contributed by atoms with Crippen LogP contribution in [0.5, 0.6) is 0 Å². The van der Waals surface area contributed by atoms with Gasteiger partial charge in [-0.3, -0.25) is 9.36 Å². The SMILES string of the molecule is CC(=O)Nc1ccc(-n2cc(-c3ccccc3)[nH]c2=S)cc1. The molecule has 0 aliphatic rings. The van der Waals surface area contributed by atoms with Gasteiger partial charge in [0.2, 0.25) is 5.91 Å². The first kappa shape index (κ1) is 14.3. The van der Waals surface area contributed by atoms with E-state index >= 15 is 0 Å². The Labute approximate surface area is 133 Å². The molecule has 0 bridgehead atoms. The van der Waals surface area contributed by atoms with Gasteiger partial charge in [0, 0.05) is 24.5 Å². The molecule has 3 rings (SSSR count). The van der Waals surface area contributed by atoms with Gasteiger partial charge in [-0.15, -0.1) is 0 Å². The summed E-state index contributed by atoms with van der Waals surface area (Å²) < 4.78 is 2.54. The number of benzene rings is 2. The summed E-state index contributed by atoms with van der Waals surface area (Å²) in [6.45, 7) is 1.49. The predicted octanol–water partition coefficient (Wildman–Crippen LogP) is 4.16. The molecule has 0 spiro atoms. The topological polar surface area (TPSA) is 49.8 Å². The van der Waals surface area contributed by atoms with Crippen LogP contribution in [0.2, 0.25) is 0 Å². The number of aromatic nitrogens is 2. The van der Waals surface area contributed by atoms with E-state index < -0.39 is 0 Å². The van der Waals surface area contributed by atoms with Crippen LogP contribution in [0.15, 0.2) is 60.8 Å². The summed E-state index contributed by atoms with van der Waals surface area (Å²) in [5, 5.41) is 2.75. The van der Waals surface area contributed by atoms with Crippen LogP contribution in [-0.2, 0) is 4.79 Å². The Morgan fingerprint density at radius 3 is 2.41 bits per heavy atom. The fraction of sp³-hybridized carbons (Fsp3) is 0.0588. The molecule has 22 heavy (non-hydrogen) atoms. The number of hydrogen-bond donors (Lipinski definition) is 2. The van der Waals surface area contributed by atoms with Crippen molar-refractivity contribution in [3.63, 3.8) is 0 Å². The summed E-state index contributed by atoms with van der Waals surface area (Å²) in [4.78, 5) is 14.3. The lowest BCUT2D eigenvalue weighted by molar-refractivity contribution is -0.114. The molecule has 1 amide bonds. The Morgan fingerprint density at radius 2 is 1.77 bits per heavy atom. The van der Waals surface area contributed by atoms with Crippen molar-refractivity contribution < 1.29 is 4.79 Å². The maximum Gasteiger partial charge on any atom is 0.221 e. The Balaban J connectivity index is 1.94. The Morgan fingerprint density at radius 1 is 1.09 bits per heavy atom. The van der Waals surface area contributed by atoms with E-state index in [1.165, 1.54) is 6.92 Å². The van der Waals surface area contributed by atoms with E-state index in [-0.39, 0.29) is 5.91 Å². The smallest absolute Gasteiger partial charge is 0.221 e. The van der Waals surface area contributed by atoms with Crippen molar-refractivity contribution in [2.24, 2.45) is 0 Å². The van der Waals surface area contributed by atoms with E-state index in [9.17, 15) is 4.79 Å². The van der Waals surface area contributed by atoms with Crippen LogP contribution in [-0.4, -0.2) is 15.5 Å². The summed E-state index contributed by atoms with van der Waals surface area (Å²) in [6, 6.07) is 17.6. The third-order valence-electron chi connectivity index (χ3n) is 3.27. The average Bonchev–Trinajstić information content (AvgIpc) is 2.90. The highest BCUT2D eigenvalue weighted by Gasteiger charge is 2.05. The van der Waals surface area contributed by atoms with Crippen molar-refractivity contribution >= 4 is 23.8 Å². The van der Waals surface area contributed by atoms with E-state index in [1.807, 2.05) is 65.4 Å². The molecule has 0 atom stereocenters. The lowest BCUT2D eigenvalue weighted by Crippen LogP contribution is -2.05. The number of hydrogen-bond acceptors (Lipinski definition) is 2. The van der Waals surface area contributed by atoms with Crippen LogP contribution in [0, 0.1) is 4.77 Å². The van der Waals surface area contributed by atoms with Gasteiger partial charge < -0.3 is 10.3 Å². The molecule has 0 unspecified atom stereocenters. The number of H-pyrrole nitrogens is 1. The second-order valence-electron chi connectivity index (χ2n) is 4.94. The van der Waals surface area contributed by atoms with E-state index in [2.05, 4.69) is 10.3 Å². The first-order valence-corrected chi connectivity index (χ1v) is 7.29. The highest BCUT2D eigenvalue weighted by atomic mass is 32.1. The fourth-order valence-electron chi connectivity index (χ4n) is 2.26. The minimum absolute atomic E-state index is 0.0858. The van der Waals surface area contributed by atoms with Gasteiger partial charge >= 0.3 is 0 Å². The van der Waals surface area contributed by atoms with Gasteiger partial charge in [-0.1, -0.05) is 30.3 Å². The van der Waals surface area contributed by atoms with Crippen molar-refractivity contribution in [2.75, 3.05) is 5.32 Å². The summed E-state index contributed by atoms with van der Waals surface area (Å²) in [5.41, 5.74) is 3.76. The zero-order valence-corrected chi connectivity index (χ0v) is 12.9. The number of amides is 1. The van der Waals surface area contributed by atoms with E-state index in [4.69, 9.17) is 12.2 Å². The molecule has 1 aromatic heterocycles. The summed E-state index contributed by atoms with van der Waals surface area (Å²) in [7, 11) is 0. The minimum atomic E-state index is -0.0858. The van der Waals surface area contributed by atoms with Crippen LogP contribution >= 0.6 is 12.2 Å². The van der Waals surface area contributed by atoms with Crippen molar-refractivity contribution in [1.29, 1.82) is 0 Å². The van der Waals surface area contributed by atoms with Gasteiger partial charge in [0.25, 0.3) is 0 Å². The molecular weight excluding hydrogens is 294 g/mol. The zero-order chi connectivity index (χ0) is 15.5. The normalized spacial score (nSPS) is 10.4. The number of nitrogens with zero attached hydrogens (tertiary/aromatic N) is 1. The van der Waals surface area contributed by atoms with E-state index in [0.717, 1.165) is 22.6 Å². The van der Waals surface area contributed by atoms with Gasteiger partial charge in [-0.25, -0.2) is 0 Å². The molecule has 2 aromatic carbocycles. The minimum Gasteiger partial charge on any atom is -0.330 e. The second-order valence-corrected chi connectivity index (χ2v) is 5.32. The molecular formula is C17H15N3OS. The van der Waals surface area contributed by atoms with Crippen molar-refractivity contribution in [3.8, 4) is 16.9 Å². The second kappa shape index (κ2) is 5.99. The van der Waals surface area contributed by atoms with Crippen molar-refractivity contribution in [1.82, 2.24) is 9.55 Å². The van der Waals surface area contributed by atoms with E-state index in [0.29, 0.717) is 4.77 Å². The monoisotopic (exact) mass is 309 g/mol. The van der Waals surface area contributed by atoms with Crippen LogP contribution in [0.1, 0.15) is 6.92 Å². The molecule has 0 saturated heterocycles. The number of rotatable bonds is 3. The number of anilines is 1. The summed E-state index contributed by atoms with van der Waals surface area (Å²) in [5.74, 6) is -0.0858. The highest BCUT2D eigenvalue weighted by molar-refractivity contribution is 7.71. The first-order chi connectivity index (χ1) is 10.6. The van der Waals surface area contributed by atoms with Crippen LogP contribution in [0.4, 0.5) is 5.69 Å². The van der Waals surface area contributed by atoms with Gasteiger partial charge in [0.1, 0.15) is 0 Å². The molecule has 0 saturated carbocycles. The van der Waals surface area contributed by atoms with Crippen molar-refractivity contribution in [3.05, 3.63) is 65.6 Å². The van der Waals surface area contributed by atoms with Gasteiger partial charge in [-0.05, 0) is 42.0 Å². The van der Waals surface area contributed by atoms with Crippen LogP contribution in [0.25, 0.3) is 16.9 Å². The molecule has 3 aromatic rings. The van der Waals surface area contributed by atoms with Crippen LogP contribution in [0.3, 0.4) is 0 Å². The third-order valence-corrected chi connectivity index (χ3v) is 3.57. The highest BCUT2D eigenvalue weighted by Crippen LogP contribution is 2.20. The van der Waals surface area contributed by atoms with Crippen LogP contribution < -0.4 is 5.32 Å². The molecule has 1 heterocycles. The summed E-state index contributed by atoms with van der Waals surface area (Å²) in [6.07, 6.45) is 1.98. The lowest BCUT2D eigenvalue weighted by atomic mass is 10.2. The molecule has 110 valence electrons. The molecule has 4 nitrogen and oxygen atoms in total. The number of imidazole rings is 1.